The highest BCUT2D eigenvalue weighted by molar-refractivity contribution is 8.00. The van der Waals surface area contributed by atoms with E-state index in [0.29, 0.717) is 4.90 Å². The van der Waals surface area contributed by atoms with Crippen LogP contribution in [0, 0.1) is 0 Å². The highest BCUT2D eigenvalue weighted by atomic mass is 32.2. The molecule has 0 atom stereocenters. The molecule has 21 heavy (non-hydrogen) atoms. The molecule has 0 bridgehead atoms. The summed E-state index contributed by atoms with van der Waals surface area (Å²) in [4.78, 5) is 1.79. The van der Waals surface area contributed by atoms with Crippen LogP contribution in [-0.4, -0.2) is 8.42 Å². The van der Waals surface area contributed by atoms with Crippen LogP contribution in [0.15, 0.2) is 81.4 Å². The lowest BCUT2D eigenvalue weighted by atomic mass is 10.1. The second-order valence-corrected chi connectivity index (χ2v) is 7.18. The zero-order chi connectivity index (χ0) is 14.9. The van der Waals surface area contributed by atoms with Crippen molar-refractivity contribution < 1.29 is 8.42 Å². The monoisotopic (exact) mass is 315 g/mol. The van der Waals surface area contributed by atoms with Crippen molar-refractivity contribution in [2.24, 2.45) is 5.14 Å². The first-order chi connectivity index (χ1) is 10.1. The number of primary sulfonamides is 1. The number of hydrogen-bond acceptors (Lipinski definition) is 3. The van der Waals surface area contributed by atoms with E-state index in [4.69, 9.17) is 5.14 Å². The van der Waals surface area contributed by atoms with Gasteiger partial charge >= 0.3 is 0 Å². The van der Waals surface area contributed by atoms with Crippen LogP contribution in [0.4, 0.5) is 0 Å². The summed E-state index contributed by atoms with van der Waals surface area (Å²) in [7, 11) is -3.73. The van der Waals surface area contributed by atoms with Crippen molar-refractivity contribution in [1.82, 2.24) is 0 Å². The first-order valence-electron chi connectivity index (χ1n) is 6.33. The molecule has 0 saturated heterocycles. The Bertz CT molecular complexity index is 900. The van der Waals surface area contributed by atoms with Gasteiger partial charge in [-0.2, -0.15) is 0 Å². The minimum Gasteiger partial charge on any atom is -0.225 e. The Morgan fingerprint density at radius 2 is 1.38 bits per heavy atom. The van der Waals surface area contributed by atoms with Crippen molar-refractivity contribution in [1.29, 1.82) is 0 Å². The van der Waals surface area contributed by atoms with Crippen molar-refractivity contribution in [3.8, 4) is 0 Å². The molecule has 0 amide bonds. The minimum atomic E-state index is -3.73. The molecule has 0 spiro atoms. The molecule has 0 heterocycles. The van der Waals surface area contributed by atoms with E-state index in [0.717, 1.165) is 15.7 Å². The first-order valence-corrected chi connectivity index (χ1v) is 8.69. The third-order valence-corrected chi connectivity index (χ3v) is 5.38. The van der Waals surface area contributed by atoms with Crippen LogP contribution in [0.25, 0.3) is 10.8 Å². The number of nitrogens with two attached hydrogens (primary N) is 1. The Kier molecular flexibility index (Phi) is 3.71. The van der Waals surface area contributed by atoms with E-state index >= 15 is 0 Å². The van der Waals surface area contributed by atoms with Gasteiger partial charge in [0.25, 0.3) is 0 Å². The number of sulfonamides is 1. The van der Waals surface area contributed by atoms with Crippen LogP contribution in [0.3, 0.4) is 0 Å². The summed E-state index contributed by atoms with van der Waals surface area (Å²) in [6.07, 6.45) is 0. The second kappa shape index (κ2) is 5.52. The SMILES string of the molecule is NS(=O)(=O)c1ccccc1Sc1cccc2ccccc12. The van der Waals surface area contributed by atoms with Gasteiger partial charge in [0.05, 0.1) is 4.90 Å². The van der Waals surface area contributed by atoms with E-state index in [-0.39, 0.29) is 4.90 Å². The van der Waals surface area contributed by atoms with Gasteiger partial charge in [0, 0.05) is 9.79 Å². The van der Waals surface area contributed by atoms with Crippen LogP contribution >= 0.6 is 11.8 Å². The molecule has 0 aliphatic heterocycles. The predicted octanol–water partition coefficient (Wildman–Crippen LogP) is 3.64. The molecule has 0 fully saturated rings. The van der Waals surface area contributed by atoms with E-state index < -0.39 is 10.0 Å². The number of fused-ring (bicyclic) bond motifs is 1. The number of rotatable bonds is 3. The Morgan fingerprint density at radius 3 is 2.19 bits per heavy atom. The molecule has 0 saturated carbocycles. The molecule has 0 aromatic heterocycles. The van der Waals surface area contributed by atoms with Crippen molar-refractivity contribution in [2.45, 2.75) is 14.7 Å². The average Bonchev–Trinajstić information content (AvgIpc) is 2.47. The summed E-state index contributed by atoms with van der Waals surface area (Å²) in [5.41, 5.74) is 0. The summed E-state index contributed by atoms with van der Waals surface area (Å²) in [6.45, 7) is 0. The van der Waals surface area contributed by atoms with E-state index in [2.05, 4.69) is 0 Å². The summed E-state index contributed by atoms with van der Waals surface area (Å²) in [5, 5.41) is 7.50. The van der Waals surface area contributed by atoms with Crippen LogP contribution < -0.4 is 5.14 Å². The van der Waals surface area contributed by atoms with Crippen LogP contribution in [0.2, 0.25) is 0 Å². The van der Waals surface area contributed by atoms with Gasteiger partial charge in [-0.15, -0.1) is 0 Å². The highest BCUT2D eigenvalue weighted by Crippen LogP contribution is 2.36. The van der Waals surface area contributed by atoms with Crippen molar-refractivity contribution in [2.75, 3.05) is 0 Å². The van der Waals surface area contributed by atoms with Gasteiger partial charge < -0.3 is 0 Å². The summed E-state index contributed by atoms with van der Waals surface area (Å²) in [5.74, 6) is 0. The fourth-order valence-corrected chi connectivity index (χ4v) is 4.26. The molecule has 2 N–H and O–H groups in total. The molecule has 3 rings (SSSR count). The third-order valence-electron chi connectivity index (χ3n) is 3.13. The van der Waals surface area contributed by atoms with Crippen molar-refractivity contribution >= 4 is 32.6 Å². The van der Waals surface area contributed by atoms with Crippen LogP contribution in [0.1, 0.15) is 0 Å². The van der Waals surface area contributed by atoms with E-state index in [1.165, 1.54) is 17.8 Å². The molecular formula is C16H13NO2S2. The summed E-state index contributed by atoms with van der Waals surface area (Å²) >= 11 is 1.41. The minimum absolute atomic E-state index is 0.155. The topological polar surface area (TPSA) is 60.2 Å². The summed E-state index contributed by atoms with van der Waals surface area (Å²) in [6, 6.07) is 20.8. The Balaban J connectivity index is 2.12. The lowest BCUT2D eigenvalue weighted by molar-refractivity contribution is 0.596. The maximum absolute atomic E-state index is 11.7. The van der Waals surface area contributed by atoms with Crippen molar-refractivity contribution in [3.63, 3.8) is 0 Å². The lowest BCUT2D eigenvalue weighted by Crippen LogP contribution is -2.13. The molecule has 5 heteroatoms. The van der Waals surface area contributed by atoms with Crippen molar-refractivity contribution in [3.05, 3.63) is 66.7 Å². The normalized spacial score (nSPS) is 11.7. The predicted molar refractivity (Wildman–Crippen MR) is 85.9 cm³/mol. The molecule has 0 unspecified atom stereocenters. The average molecular weight is 315 g/mol. The highest BCUT2D eigenvalue weighted by Gasteiger charge is 2.14. The van der Waals surface area contributed by atoms with Gasteiger partial charge in [-0.05, 0) is 29.0 Å². The van der Waals surface area contributed by atoms with Gasteiger partial charge in [0.15, 0.2) is 0 Å². The summed E-state index contributed by atoms with van der Waals surface area (Å²) < 4.78 is 23.3. The van der Waals surface area contributed by atoms with Gasteiger partial charge in [-0.25, -0.2) is 13.6 Å². The fraction of sp³-hybridized carbons (Fsp3) is 0. The Hall–Kier alpha value is -1.82. The molecule has 0 radical (unpaired) electrons. The molecular weight excluding hydrogens is 302 g/mol. The molecule has 0 aliphatic rings. The Morgan fingerprint density at radius 1 is 0.762 bits per heavy atom. The molecule has 3 aromatic carbocycles. The number of hydrogen-bond donors (Lipinski definition) is 1. The van der Waals surface area contributed by atoms with Crippen LogP contribution in [0.5, 0.6) is 0 Å². The largest absolute Gasteiger partial charge is 0.239 e. The zero-order valence-corrected chi connectivity index (χ0v) is 12.7. The van der Waals surface area contributed by atoms with Crippen LogP contribution in [-0.2, 0) is 10.0 Å². The van der Waals surface area contributed by atoms with Gasteiger partial charge in [-0.3, -0.25) is 0 Å². The second-order valence-electron chi connectivity index (χ2n) is 4.57. The lowest BCUT2D eigenvalue weighted by Gasteiger charge is -2.09. The van der Waals surface area contributed by atoms with Gasteiger partial charge in [-0.1, -0.05) is 60.3 Å². The zero-order valence-electron chi connectivity index (χ0n) is 11.1. The molecule has 106 valence electrons. The molecule has 0 aliphatic carbocycles. The maximum Gasteiger partial charge on any atom is 0.239 e. The quantitative estimate of drug-likeness (QED) is 0.802. The van der Waals surface area contributed by atoms with E-state index in [1.807, 2.05) is 48.5 Å². The molecule has 3 aromatic rings. The molecule has 3 nitrogen and oxygen atoms in total. The van der Waals surface area contributed by atoms with Gasteiger partial charge in [0.2, 0.25) is 10.0 Å². The van der Waals surface area contributed by atoms with E-state index in [1.54, 1.807) is 12.1 Å². The fourth-order valence-electron chi connectivity index (χ4n) is 2.17. The third kappa shape index (κ3) is 2.95. The smallest absolute Gasteiger partial charge is 0.225 e. The first kappa shape index (κ1) is 14.1. The number of benzene rings is 3. The maximum atomic E-state index is 11.7. The Labute approximate surface area is 127 Å². The van der Waals surface area contributed by atoms with Gasteiger partial charge in [0.1, 0.15) is 0 Å². The standard InChI is InChI=1S/C16H13NO2S2/c17-21(18,19)16-11-4-3-9-15(16)20-14-10-5-7-12-6-1-2-8-13(12)14/h1-11H,(H2,17,18,19). The van der Waals surface area contributed by atoms with E-state index in [9.17, 15) is 8.42 Å².